The zero-order valence-electron chi connectivity index (χ0n) is 6.76. The minimum Gasteiger partial charge on any atom is -0.493 e. The van der Waals surface area contributed by atoms with Crippen molar-refractivity contribution in [2.75, 3.05) is 11.9 Å². The van der Waals surface area contributed by atoms with Crippen molar-refractivity contribution in [1.29, 1.82) is 5.26 Å². The molecule has 0 spiro atoms. The highest BCUT2D eigenvalue weighted by molar-refractivity contribution is 9.09. The standard InChI is InChI=1S/C9H7BrClNO/c10-1-2-13-9-4-7(6-12)3-8(11)5-9/h3-5H,1-2H2. The Balaban J connectivity index is 2.83. The summed E-state index contributed by atoms with van der Waals surface area (Å²) in [6.45, 7) is 0.561. The molecule has 1 rings (SSSR count). The topological polar surface area (TPSA) is 33.0 Å². The fraction of sp³-hybridized carbons (Fsp3) is 0.222. The average Bonchev–Trinajstić information content (AvgIpc) is 2.14. The van der Waals surface area contributed by atoms with E-state index < -0.39 is 0 Å². The lowest BCUT2D eigenvalue weighted by Crippen LogP contribution is -1.97. The molecule has 0 atom stereocenters. The van der Waals surface area contributed by atoms with Gasteiger partial charge < -0.3 is 4.74 Å². The summed E-state index contributed by atoms with van der Waals surface area (Å²) in [6, 6.07) is 6.96. The molecule has 68 valence electrons. The van der Waals surface area contributed by atoms with Gasteiger partial charge in [-0.2, -0.15) is 5.26 Å². The molecular formula is C9H7BrClNO. The predicted octanol–water partition coefficient (Wildman–Crippen LogP) is 2.99. The van der Waals surface area contributed by atoms with E-state index in [1.807, 2.05) is 6.07 Å². The number of alkyl halides is 1. The van der Waals surface area contributed by atoms with Crippen LogP contribution in [0.15, 0.2) is 18.2 Å². The van der Waals surface area contributed by atoms with Crippen LogP contribution in [0.2, 0.25) is 5.02 Å². The maximum Gasteiger partial charge on any atom is 0.122 e. The number of halogens is 2. The third-order valence-corrected chi connectivity index (χ3v) is 1.89. The SMILES string of the molecule is N#Cc1cc(Cl)cc(OCCBr)c1. The molecule has 2 nitrogen and oxygen atoms in total. The van der Waals surface area contributed by atoms with Gasteiger partial charge in [0.05, 0.1) is 18.2 Å². The van der Waals surface area contributed by atoms with Crippen LogP contribution >= 0.6 is 27.5 Å². The van der Waals surface area contributed by atoms with Crippen molar-refractivity contribution in [2.45, 2.75) is 0 Å². The second-order valence-corrected chi connectivity index (χ2v) is 3.55. The van der Waals surface area contributed by atoms with Crippen molar-refractivity contribution in [3.05, 3.63) is 28.8 Å². The Bertz CT molecular complexity index is 335. The van der Waals surface area contributed by atoms with Crippen LogP contribution in [0.4, 0.5) is 0 Å². The summed E-state index contributed by atoms with van der Waals surface area (Å²) in [5.41, 5.74) is 0.511. The molecule has 0 saturated heterocycles. The Kier molecular flexibility index (Phi) is 4.07. The fourth-order valence-electron chi connectivity index (χ4n) is 0.867. The first-order valence-corrected chi connectivity index (χ1v) is 5.15. The monoisotopic (exact) mass is 259 g/mol. The van der Waals surface area contributed by atoms with Crippen LogP contribution in [0.3, 0.4) is 0 Å². The second-order valence-electron chi connectivity index (χ2n) is 2.32. The fourth-order valence-corrected chi connectivity index (χ4v) is 1.25. The summed E-state index contributed by atoms with van der Waals surface area (Å²) in [6.07, 6.45) is 0. The van der Waals surface area contributed by atoms with Crippen LogP contribution < -0.4 is 4.74 Å². The van der Waals surface area contributed by atoms with Gasteiger partial charge in [0.2, 0.25) is 0 Å². The Labute approximate surface area is 90.2 Å². The highest BCUT2D eigenvalue weighted by Gasteiger charge is 1.99. The first-order valence-electron chi connectivity index (χ1n) is 3.65. The first-order chi connectivity index (χ1) is 6.26. The number of benzene rings is 1. The zero-order valence-corrected chi connectivity index (χ0v) is 9.10. The van der Waals surface area contributed by atoms with Crippen LogP contribution in [0.1, 0.15) is 5.56 Å². The van der Waals surface area contributed by atoms with E-state index in [0.717, 1.165) is 5.33 Å². The number of ether oxygens (including phenoxy) is 1. The zero-order chi connectivity index (χ0) is 9.68. The summed E-state index contributed by atoms with van der Waals surface area (Å²) in [5, 5.41) is 9.91. The summed E-state index contributed by atoms with van der Waals surface area (Å²) in [5.74, 6) is 0.628. The molecule has 0 heterocycles. The summed E-state index contributed by atoms with van der Waals surface area (Å²) in [7, 11) is 0. The smallest absolute Gasteiger partial charge is 0.122 e. The Hall–Kier alpha value is -0.720. The van der Waals surface area contributed by atoms with Crippen LogP contribution in [-0.2, 0) is 0 Å². The van der Waals surface area contributed by atoms with Crippen LogP contribution in [0.25, 0.3) is 0 Å². The van der Waals surface area contributed by atoms with Gasteiger partial charge >= 0.3 is 0 Å². The molecule has 0 bridgehead atoms. The minimum absolute atomic E-state index is 0.511. The molecule has 0 N–H and O–H groups in total. The Morgan fingerprint density at radius 2 is 2.23 bits per heavy atom. The number of hydrogen-bond donors (Lipinski definition) is 0. The number of hydrogen-bond acceptors (Lipinski definition) is 2. The van der Waals surface area contributed by atoms with E-state index in [9.17, 15) is 0 Å². The molecule has 0 saturated carbocycles. The summed E-state index contributed by atoms with van der Waals surface area (Å²) < 4.78 is 5.30. The third kappa shape index (κ3) is 3.25. The number of nitriles is 1. The van der Waals surface area contributed by atoms with Crippen molar-refractivity contribution < 1.29 is 4.74 Å². The quantitative estimate of drug-likeness (QED) is 0.783. The molecular weight excluding hydrogens is 253 g/mol. The van der Waals surface area contributed by atoms with Crippen molar-refractivity contribution in [3.8, 4) is 11.8 Å². The second kappa shape index (κ2) is 5.11. The van der Waals surface area contributed by atoms with Gasteiger partial charge in [0.25, 0.3) is 0 Å². The van der Waals surface area contributed by atoms with E-state index in [0.29, 0.717) is 22.9 Å². The van der Waals surface area contributed by atoms with Gasteiger partial charge in [0, 0.05) is 10.4 Å². The first kappa shape index (κ1) is 10.4. The lowest BCUT2D eigenvalue weighted by molar-refractivity contribution is 0.345. The van der Waals surface area contributed by atoms with E-state index in [4.69, 9.17) is 21.6 Å². The van der Waals surface area contributed by atoms with Crippen LogP contribution in [-0.4, -0.2) is 11.9 Å². The van der Waals surface area contributed by atoms with Gasteiger partial charge in [-0.25, -0.2) is 0 Å². The number of rotatable bonds is 3. The molecule has 1 aromatic rings. The van der Waals surface area contributed by atoms with E-state index in [1.165, 1.54) is 0 Å². The highest BCUT2D eigenvalue weighted by atomic mass is 79.9. The van der Waals surface area contributed by atoms with Crippen LogP contribution in [0.5, 0.6) is 5.75 Å². The summed E-state index contributed by atoms with van der Waals surface area (Å²) in [4.78, 5) is 0. The van der Waals surface area contributed by atoms with Crippen molar-refractivity contribution >= 4 is 27.5 Å². The number of nitrogens with zero attached hydrogens (tertiary/aromatic N) is 1. The van der Waals surface area contributed by atoms with E-state index in [-0.39, 0.29) is 0 Å². The third-order valence-electron chi connectivity index (χ3n) is 1.35. The molecule has 1 aromatic carbocycles. The van der Waals surface area contributed by atoms with Gasteiger partial charge in [-0.05, 0) is 18.2 Å². The highest BCUT2D eigenvalue weighted by Crippen LogP contribution is 2.20. The lowest BCUT2D eigenvalue weighted by atomic mass is 10.2. The normalized spacial score (nSPS) is 9.31. The Morgan fingerprint density at radius 3 is 2.85 bits per heavy atom. The van der Waals surface area contributed by atoms with Crippen molar-refractivity contribution in [2.24, 2.45) is 0 Å². The molecule has 0 radical (unpaired) electrons. The van der Waals surface area contributed by atoms with Gasteiger partial charge in [0.15, 0.2) is 0 Å². The molecule has 0 fully saturated rings. The maximum absolute atomic E-state index is 8.64. The van der Waals surface area contributed by atoms with Gasteiger partial charge in [0.1, 0.15) is 5.75 Å². The van der Waals surface area contributed by atoms with E-state index in [1.54, 1.807) is 18.2 Å². The predicted molar refractivity (Wildman–Crippen MR) is 55.5 cm³/mol. The average molecular weight is 261 g/mol. The molecule has 0 unspecified atom stereocenters. The largest absolute Gasteiger partial charge is 0.493 e. The maximum atomic E-state index is 8.64. The molecule has 4 heteroatoms. The Morgan fingerprint density at radius 1 is 1.46 bits per heavy atom. The molecule has 0 amide bonds. The molecule has 0 aromatic heterocycles. The molecule has 0 aliphatic heterocycles. The lowest BCUT2D eigenvalue weighted by Gasteiger charge is -2.04. The summed E-state index contributed by atoms with van der Waals surface area (Å²) >= 11 is 9.00. The van der Waals surface area contributed by atoms with Gasteiger partial charge in [-0.1, -0.05) is 27.5 Å². The molecule has 13 heavy (non-hydrogen) atoms. The van der Waals surface area contributed by atoms with Gasteiger partial charge in [-0.3, -0.25) is 0 Å². The van der Waals surface area contributed by atoms with Crippen molar-refractivity contribution in [1.82, 2.24) is 0 Å². The molecule has 0 aliphatic rings. The van der Waals surface area contributed by atoms with E-state index >= 15 is 0 Å². The molecule has 0 aliphatic carbocycles. The van der Waals surface area contributed by atoms with E-state index in [2.05, 4.69) is 15.9 Å². The van der Waals surface area contributed by atoms with Crippen molar-refractivity contribution in [3.63, 3.8) is 0 Å². The van der Waals surface area contributed by atoms with Crippen LogP contribution in [0, 0.1) is 11.3 Å². The van der Waals surface area contributed by atoms with Gasteiger partial charge in [-0.15, -0.1) is 0 Å². The minimum atomic E-state index is 0.511.